The molecule has 0 fully saturated rings. The minimum atomic E-state index is -0.124. The molecule has 0 aromatic heterocycles. The van der Waals surface area contributed by atoms with E-state index in [0.29, 0.717) is 277 Å². The van der Waals surface area contributed by atoms with E-state index in [1.54, 1.807) is 6.08 Å². The van der Waals surface area contributed by atoms with Crippen molar-refractivity contribution in [2.45, 2.75) is 70.8 Å². The largest absolute Gasteiger partial charge is 0.488 e. The molecule has 0 aliphatic carbocycles. The Balaban J connectivity index is 1.71. The van der Waals surface area contributed by atoms with E-state index in [1.165, 1.54) is 50.5 Å². The van der Waals surface area contributed by atoms with Crippen LogP contribution in [0.2, 0.25) is 0 Å². The third-order valence-electron chi connectivity index (χ3n) is 11.7. The molecule has 0 aliphatic rings. The molecule has 1 unspecified atom stereocenters. The van der Waals surface area contributed by atoms with E-state index >= 15 is 0 Å². The summed E-state index contributed by atoms with van der Waals surface area (Å²) in [4.78, 5) is 0. The summed E-state index contributed by atoms with van der Waals surface area (Å²) in [6, 6.07) is 8.48. The first-order valence-electron chi connectivity index (χ1n) is 31.4. The van der Waals surface area contributed by atoms with Gasteiger partial charge in [0.1, 0.15) is 11.9 Å². The van der Waals surface area contributed by atoms with E-state index in [9.17, 15) is 0 Å². The maximum Gasteiger partial charge on any atom is 0.124 e. The van der Waals surface area contributed by atoms with Crippen LogP contribution < -0.4 is 4.74 Å². The summed E-state index contributed by atoms with van der Waals surface area (Å²) in [7, 11) is 0. The molecule has 23 nitrogen and oxygen atoms in total. The Morgan fingerprint density at radius 2 is 0.576 bits per heavy atom. The van der Waals surface area contributed by atoms with Crippen molar-refractivity contribution in [1.82, 2.24) is 0 Å². The number of rotatable bonds is 76. The molecule has 0 bridgehead atoms. The van der Waals surface area contributed by atoms with Crippen molar-refractivity contribution in [3.63, 3.8) is 0 Å². The number of unbranched alkanes of at least 4 members (excludes halogenated alkanes) is 6. The molecule has 502 valence electrons. The van der Waals surface area contributed by atoms with Crippen LogP contribution in [0, 0.1) is 0 Å². The van der Waals surface area contributed by atoms with E-state index < -0.39 is 0 Å². The van der Waals surface area contributed by atoms with Crippen LogP contribution in [0.5, 0.6) is 5.75 Å². The standard InChI is InChI=1S/C62H116O23/c1-3-5-6-7-8-9-10-11-60-12-14-61(15-13-60)85-62(16-19-64-18-4-2)59-84-58-57-83-56-55-82-54-53-81-52-51-80-50-49-79-48-47-78-46-45-77-44-43-76-42-41-75-40-39-74-38-37-73-36-35-72-34-33-71-32-31-70-30-29-69-28-27-68-26-25-67-24-23-66-22-21-65-20-17-63/h4,12-15,62-63H,2-3,5-11,16-59H2,1H3. The van der Waals surface area contributed by atoms with Crippen LogP contribution in [0.1, 0.15) is 63.9 Å². The van der Waals surface area contributed by atoms with Crippen LogP contribution in [0.4, 0.5) is 0 Å². The highest BCUT2D eigenvalue weighted by Crippen LogP contribution is 2.18. The Kier molecular flexibility index (Phi) is 69.1. The first-order valence-corrected chi connectivity index (χ1v) is 31.4. The summed E-state index contributed by atoms with van der Waals surface area (Å²) in [5.74, 6) is 0.847. The van der Waals surface area contributed by atoms with Crippen LogP contribution in [-0.2, 0) is 106 Å². The van der Waals surface area contributed by atoms with Crippen LogP contribution in [0.3, 0.4) is 0 Å². The first-order chi connectivity index (χ1) is 42.3. The van der Waals surface area contributed by atoms with Crippen molar-refractivity contribution in [2.24, 2.45) is 0 Å². The molecule has 1 aromatic carbocycles. The Bertz CT molecular complexity index is 1390. The van der Waals surface area contributed by atoms with Crippen molar-refractivity contribution in [2.75, 3.05) is 284 Å². The number of aliphatic hydroxyl groups excluding tert-OH is 1. The zero-order valence-electron chi connectivity index (χ0n) is 52.4. The number of aliphatic hydroxyl groups is 1. The second kappa shape index (κ2) is 72.6. The van der Waals surface area contributed by atoms with Crippen molar-refractivity contribution in [3.8, 4) is 5.75 Å². The van der Waals surface area contributed by atoms with Gasteiger partial charge in [0.05, 0.1) is 284 Å². The molecular formula is C62H116O23. The summed E-state index contributed by atoms with van der Waals surface area (Å²) in [5.41, 5.74) is 1.35. The minimum absolute atomic E-state index is 0.0183. The average molecular weight is 1230 g/mol. The average Bonchev–Trinajstić information content (AvgIpc) is 3.52. The van der Waals surface area contributed by atoms with E-state index in [-0.39, 0.29) is 12.7 Å². The molecule has 0 heterocycles. The van der Waals surface area contributed by atoms with Gasteiger partial charge in [-0.1, -0.05) is 63.7 Å². The second-order valence-electron chi connectivity index (χ2n) is 18.8. The quantitative estimate of drug-likeness (QED) is 0.0615. The molecule has 23 heteroatoms. The maximum absolute atomic E-state index is 8.62. The molecule has 1 atom stereocenters. The number of hydrogen-bond donors (Lipinski definition) is 1. The lowest BCUT2D eigenvalue weighted by Gasteiger charge is -2.19. The number of benzene rings is 1. The Labute approximate surface area is 510 Å². The summed E-state index contributed by atoms with van der Waals surface area (Å²) >= 11 is 0. The van der Waals surface area contributed by atoms with Gasteiger partial charge in [0.25, 0.3) is 0 Å². The highest BCUT2D eigenvalue weighted by Gasteiger charge is 2.12. The predicted molar refractivity (Wildman–Crippen MR) is 322 cm³/mol. The van der Waals surface area contributed by atoms with Crippen molar-refractivity contribution in [1.29, 1.82) is 0 Å². The fourth-order valence-electron chi connectivity index (χ4n) is 7.23. The van der Waals surface area contributed by atoms with Gasteiger partial charge in [-0.15, -0.1) is 6.58 Å². The molecule has 1 N–H and O–H groups in total. The summed E-state index contributed by atoms with van der Waals surface area (Å²) in [6.45, 7) is 26.3. The zero-order chi connectivity index (χ0) is 60.6. The fourth-order valence-corrected chi connectivity index (χ4v) is 7.23. The highest BCUT2D eigenvalue weighted by atomic mass is 16.6. The van der Waals surface area contributed by atoms with E-state index in [4.69, 9.17) is 109 Å². The van der Waals surface area contributed by atoms with Gasteiger partial charge in [0, 0.05) is 6.42 Å². The summed E-state index contributed by atoms with van der Waals surface area (Å²) < 4.78 is 122. The monoisotopic (exact) mass is 1230 g/mol. The van der Waals surface area contributed by atoms with E-state index in [0.717, 1.165) is 18.6 Å². The molecule has 85 heavy (non-hydrogen) atoms. The fraction of sp³-hybridized carbons (Fsp3) is 0.871. The number of ether oxygens (including phenoxy) is 22. The lowest BCUT2D eigenvalue weighted by atomic mass is 10.0. The predicted octanol–water partition coefficient (Wildman–Crippen LogP) is 5.64. The van der Waals surface area contributed by atoms with Gasteiger partial charge < -0.3 is 109 Å². The topological polar surface area (TPSA) is 223 Å². The molecule has 0 spiro atoms. The van der Waals surface area contributed by atoms with E-state index in [1.807, 2.05) is 0 Å². The smallest absolute Gasteiger partial charge is 0.124 e. The molecule has 0 amide bonds. The van der Waals surface area contributed by atoms with Crippen LogP contribution in [0.25, 0.3) is 0 Å². The highest BCUT2D eigenvalue weighted by molar-refractivity contribution is 5.27. The summed E-state index contributed by atoms with van der Waals surface area (Å²) in [6.07, 6.45) is 12.7. The molecule has 0 radical (unpaired) electrons. The van der Waals surface area contributed by atoms with Gasteiger partial charge >= 0.3 is 0 Å². The number of aryl methyl sites for hydroxylation is 1. The Morgan fingerprint density at radius 1 is 0.318 bits per heavy atom. The summed E-state index contributed by atoms with van der Waals surface area (Å²) in [5, 5.41) is 8.62. The van der Waals surface area contributed by atoms with Gasteiger partial charge in [0.2, 0.25) is 0 Å². The van der Waals surface area contributed by atoms with Crippen molar-refractivity contribution < 1.29 is 109 Å². The Morgan fingerprint density at radius 3 is 0.847 bits per heavy atom. The van der Waals surface area contributed by atoms with E-state index in [2.05, 4.69) is 37.8 Å². The molecular weight excluding hydrogens is 1110 g/mol. The first kappa shape index (κ1) is 80.9. The maximum atomic E-state index is 8.62. The molecule has 0 saturated carbocycles. The zero-order valence-corrected chi connectivity index (χ0v) is 52.4. The normalized spacial score (nSPS) is 12.0. The third-order valence-corrected chi connectivity index (χ3v) is 11.7. The minimum Gasteiger partial charge on any atom is -0.488 e. The Hall–Kier alpha value is -2.12. The number of hydrogen-bond acceptors (Lipinski definition) is 23. The van der Waals surface area contributed by atoms with Gasteiger partial charge in [-0.2, -0.15) is 0 Å². The van der Waals surface area contributed by atoms with Crippen LogP contribution in [-0.4, -0.2) is 295 Å². The molecule has 1 rings (SSSR count). The van der Waals surface area contributed by atoms with Gasteiger partial charge in [-0.25, -0.2) is 0 Å². The lowest BCUT2D eigenvalue weighted by molar-refractivity contribution is -0.0319. The van der Waals surface area contributed by atoms with Gasteiger partial charge in [-0.3, -0.25) is 0 Å². The van der Waals surface area contributed by atoms with Gasteiger partial charge in [0.15, 0.2) is 0 Å². The second-order valence-corrected chi connectivity index (χ2v) is 18.8. The third kappa shape index (κ3) is 66.1. The lowest BCUT2D eigenvalue weighted by Crippen LogP contribution is -2.26. The molecule has 0 aliphatic heterocycles. The SMILES string of the molecule is C=CCOCCC(COCCOCCOCCOCCOCCOCCOCCOCCOCCOCCOCCOCCOCCOCCOCCOCCOCCOCCOCCOCCO)Oc1ccc(CCCCCCCCC)cc1. The van der Waals surface area contributed by atoms with Crippen molar-refractivity contribution in [3.05, 3.63) is 42.5 Å². The van der Waals surface area contributed by atoms with Gasteiger partial charge in [-0.05, 0) is 30.5 Å². The molecule has 0 saturated heterocycles. The van der Waals surface area contributed by atoms with Crippen molar-refractivity contribution >= 4 is 0 Å². The van der Waals surface area contributed by atoms with Crippen LogP contribution >= 0.6 is 0 Å². The molecule has 1 aromatic rings. The van der Waals surface area contributed by atoms with Crippen LogP contribution in [0.15, 0.2) is 36.9 Å².